The zero-order valence-corrected chi connectivity index (χ0v) is 13.3. The second-order valence-electron chi connectivity index (χ2n) is 6.10. The Balaban J connectivity index is 1.92. The lowest BCUT2D eigenvalue weighted by Gasteiger charge is -2.22. The molecule has 0 aromatic heterocycles. The second-order valence-corrected chi connectivity index (χ2v) is 6.10. The van der Waals surface area contributed by atoms with Gasteiger partial charge in [0.05, 0.1) is 12.6 Å². The Kier molecular flexibility index (Phi) is 10.1. The van der Waals surface area contributed by atoms with E-state index in [0.717, 1.165) is 51.4 Å². The van der Waals surface area contributed by atoms with E-state index in [4.69, 9.17) is 0 Å². The van der Waals surface area contributed by atoms with E-state index in [1.165, 1.54) is 25.7 Å². The number of likely N-dealkylation sites (tertiary alicyclic amines) is 1. The largest absolute Gasteiger partial charge is 0.394 e. The highest BCUT2D eigenvalue weighted by Crippen LogP contribution is 2.19. The van der Waals surface area contributed by atoms with Crippen LogP contribution >= 0.6 is 0 Å². The van der Waals surface area contributed by atoms with E-state index in [1.807, 2.05) is 4.90 Å². The summed E-state index contributed by atoms with van der Waals surface area (Å²) in [5.41, 5.74) is 0. The van der Waals surface area contributed by atoms with Crippen LogP contribution in [0.5, 0.6) is 0 Å². The number of carbonyl (C=O) groups excluding carboxylic acids is 2. The molecule has 21 heavy (non-hydrogen) atoms. The molecule has 1 aliphatic heterocycles. The highest BCUT2D eigenvalue weighted by Gasteiger charge is 2.27. The Bertz CT molecular complexity index is 294. The molecule has 1 amide bonds. The number of unbranched alkanes of at least 4 members (excludes halogenated alkanes) is 8. The number of aliphatic hydroxyl groups excluding tert-OH is 1. The van der Waals surface area contributed by atoms with Crippen molar-refractivity contribution in [1.82, 2.24) is 4.90 Å². The average molecular weight is 297 g/mol. The lowest BCUT2D eigenvalue weighted by Crippen LogP contribution is -2.37. The number of hydrogen-bond donors (Lipinski definition) is 1. The van der Waals surface area contributed by atoms with Gasteiger partial charge in [0, 0.05) is 19.4 Å². The average Bonchev–Trinajstić information content (AvgIpc) is 2.97. The molecule has 0 saturated carbocycles. The van der Waals surface area contributed by atoms with Crippen LogP contribution in [0.25, 0.3) is 0 Å². The standard InChI is InChI=1S/C17H31NO3/c19-14-9-7-5-3-1-2-4-6-8-12-17(21)18-13-10-11-16(18)15-20/h14,16,20H,1-13,15H2. The first-order valence-corrected chi connectivity index (χ1v) is 8.63. The van der Waals surface area contributed by atoms with Gasteiger partial charge in [-0.3, -0.25) is 4.79 Å². The lowest BCUT2D eigenvalue weighted by molar-refractivity contribution is -0.132. The fourth-order valence-electron chi connectivity index (χ4n) is 3.06. The Morgan fingerprint density at radius 3 is 2.29 bits per heavy atom. The molecular weight excluding hydrogens is 266 g/mol. The SMILES string of the molecule is O=CCCCCCCCCCCC(=O)N1CCCC1CO. The fraction of sp³-hybridized carbons (Fsp3) is 0.882. The highest BCUT2D eigenvalue weighted by atomic mass is 16.3. The van der Waals surface area contributed by atoms with E-state index < -0.39 is 0 Å². The van der Waals surface area contributed by atoms with Crippen molar-refractivity contribution in [3.05, 3.63) is 0 Å². The van der Waals surface area contributed by atoms with Crippen molar-refractivity contribution >= 4 is 12.2 Å². The minimum absolute atomic E-state index is 0.0730. The summed E-state index contributed by atoms with van der Waals surface area (Å²) in [6.07, 6.45) is 13.5. The van der Waals surface area contributed by atoms with Crippen LogP contribution in [0.4, 0.5) is 0 Å². The summed E-state index contributed by atoms with van der Waals surface area (Å²) < 4.78 is 0. The van der Waals surface area contributed by atoms with Crippen molar-refractivity contribution in [2.45, 2.75) is 83.1 Å². The van der Waals surface area contributed by atoms with Gasteiger partial charge in [0.15, 0.2) is 0 Å². The molecule has 1 rings (SSSR count). The first-order valence-electron chi connectivity index (χ1n) is 8.63. The zero-order valence-electron chi connectivity index (χ0n) is 13.3. The number of hydrogen-bond acceptors (Lipinski definition) is 3. The topological polar surface area (TPSA) is 57.6 Å². The van der Waals surface area contributed by atoms with Crippen molar-refractivity contribution in [3.63, 3.8) is 0 Å². The molecule has 0 spiro atoms. The molecular formula is C17H31NO3. The summed E-state index contributed by atoms with van der Waals surface area (Å²) in [6.45, 7) is 0.931. The molecule has 0 aliphatic carbocycles. The molecule has 0 bridgehead atoms. The third-order valence-electron chi connectivity index (χ3n) is 4.37. The van der Waals surface area contributed by atoms with Crippen LogP contribution in [0.15, 0.2) is 0 Å². The van der Waals surface area contributed by atoms with Gasteiger partial charge in [0.2, 0.25) is 5.91 Å². The molecule has 1 N–H and O–H groups in total. The van der Waals surface area contributed by atoms with Gasteiger partial charge < -0.3 is 14.8 Å². The molecule has 1 atom stereocenters. The summed E-state index contributed by atoms with van der Waals surface area (Å²) in [7, 11) is 0. The zero-order chi connectivity index (χ0) is 15.3. The monoisotopic (exact) mass is 297 g/mol. The van der Waals surface area contributed by atoms with Crippen molar-refractivity contribution < 1.29 is 14.7 Å². The number of nitrogens with zero attached hydrogens (tertiary/aromatic N) is 1. The number of carbonyl (C=O) groups is 2. The third-order valence-corrected chi connectivity index (χ3v) is 4.37. The fourth-order valence-corrected chi connectivity index (χ4v) is 3.06. The number of aliphatic hydroxyl groups is 1. The second kappa shape index (κ2) is 11.7. The minimum atomic E-state index is 0.0730. The Morgan fingerprint density at radius 1 is 1.05 bits per heavy atom. The van der Waals surface area contributed by atoms with Crippen LogP contribution in [0.2, 0.25) is 0 Å². The van der Waals surface area contributed by atoms with Crippen molar-refractivity contribution in [1.29, 1.82) is 0 Å². The molecule has 4 nitrogen and oxygen atoms in total. The Labute approximate surface area is 128 Å². The lowest BCUT2D eigenvalue weighted by atomic mass is 10.1. The van der Waals surface area contributed by atoms with Crippen LogP contribution in [-0.4, -0.2) is 41.4 Å². The van der Waals surface area contributed by atoms with Gasteiger partial charge in [-0.2, -0.15) is 0 Å². The molecule has 4 heteroatoms. The number of rotatable bonds is 12. The Hall–Kier alpha value is -0.900. The van der Waals surface area contributed by atoms with Gasteiger partial charge in [0.1, 0.15) is 6.29 Å². The van der Waals surface area contributed by atoms with Crippen LogP contribution in [0.1, 0.15) is 77.0 Å². The molecule has 0 aromatic carbocycles. The summed E-state index contributed by atoms with van der Waals surface area (Å²) in [5, 5.41) is 9.22. The predicted octanol–water partition coefficient (Wildman–Crippen LogP) is 3.07. The highest BCUT2D eigenvalue weighted by molar-refractivity contribution is 5.76. The van der Waals surface area contributed by atoms with E-state index in [1.54, 1.807) is 0 Å². The predicted molar refractivity (Wildman–Crippen MR) is 84.1 cm³/mol. The maximum absolute atomic E-state index is 12.0. The van der Waals surface area contributed by atoms with E-state index >= 15 is 0 Å². The maximum Gasteiger partial charge on any atom is 0.222 e. The Morgan fingerprint density at radius 2 is 1.67 bits per heavy atom. The molecule has 1 heterocycles. The van der Waals surface area contributed by atoms with Gasteiger partial charge in [-0.25, -0.2) is 0 Å². The smallest absolute Gasteiger partial charge is 0.222 e. The molecule has 0 radical (unpaired) electrons. The summed E-state index contributed by atoms with van der Waals surface area (Å²) >= 11 is 0. The normalized spacial score (nSPS) is 18.1. The van der Waals surface area contributed by atoms with Crippen LogP contribution in [0.3, 0.4) is 0 Å². The van der Waals surface area contributed by atoms with Crippen LogP contribution < -0.4 is 0 Å². The molecule has 1 fully saturated rings. The summed E-state index contributed by atoms with van der Waals surface area (Å²) in [6, 6.07) is 0.0730. The molecule has 1 unspecified atom stereocenters. The number of amides is 1. The van der Waals surface area contributed by atoms with Gasteiger partial charge in [-0.05, 0) is 25.7 Å². The van der Waals surface area contributed by atoms with Crippen molar-refractivity contribution in [3.8, 4) is 0 Å². The molecule has 122 valence electrons. The quantitative estimate of drug-likeness (QED) is 0.445. The first kappa shape index (κ1) is 18.1. The minimum Gasteiger partial charge on any atom is -0.394 e. The molecule has 1 saturated heterocycles. The van der Waals surface area contributed by atoms with Gasteiger partial charge in [-0.15, -0.1) is 0 Å². The third kappa shape index (κ3) is 7.60. The molecule has 1 aliphatic rings. The van der Waals surface area contributed by atoms with E-state index in [9.17, 15) is 14.7 Å². The van der Waals surface area contributed by atoms with Crippen LogP contribution in [0, 0.1) is 0 Å². The van der Waals surface area contributed by atoms with E-state index in [0.29, 0.717) is 12.8 Å². The van der Waals surface area contributed by atoms with E-state index in [2.05, 4.69) is 0 Å². The van der Waals surface area contributed by atoms with Crippen LogP contribution in [-0.2, 0) is 9.59 Å². The number of aldehydes is 1. The molecule has 0 aromatic rings. The van der Waals surface area contributed by atoms with Gasteiger partial charge in [-0.1, -0.05) is 38.5 Å². The summed E-state index contributed by atoms with van der Waals surface area (Å²) in [4.78, 5) is 24.1. The van der Waals surface area contributed by atoms with Crippen molar-refractivity contribution in [2.24, 2.45) is 0 Å². The first-order chi connectivity index (χ1) is 10.3. The van der Waals surface area contributed by atoms with E-state index in [-0.39, 0.29) is 18.6 Å². The van der Waals surface area contributed by atoms with Gasteiger partial charge >= 0.3 is 0 Å². The van der Waals surface area contributed by atoms with Gasteiger partial charge in [0.25, 0.3) is 0 Å². The maximum atomic E-state index is 12.0. The summed E-state index contributed by atoms with van der Waals surface area (Å²) in [5.74, 6) is 0.223. The van der Waals surface area contributed by atoms with Crippen molar-refractivity contribution in [2.75, 3.05) is 13.2 Å².